The van der Waals surface area contributed by atoms with E-state index >= 15 is 0 Å². The minimum Gasteiger partial charge on any atom is -0.488 e. The molecule has 5 rings (SSSR count). The summed E-state index contributed by atoms with van der Waals surface area (Å²) in [4.78, 5) is 19.2. The minimum absolute atomic E-state index is 0.0341. The molecule has 2 aliphatic rings. The van der Waals surface area contributed by atoms with Gasteiger partial charge in [0.15, 0.2) is 29.0 Å². The van der Waals surface area contributed by atoms with Crippen LogP contribution in [0.2, 0.25) is 0 Å². The zero-order valence-corrected chi connectivity index (χ0v) is 18.2. The number of benzene rings is 1. The highest BCUT2D eigenvalue weighted by Crippen LogP contribution is 2.55. The number of hydrogen-bond donors (Lipinski definition) is 0. The molecular weight excluding hydrogens is 428 g/mol. The van der Waals surface area contributed by atoms with Gasteiger partial charge in [-0.05, 0) is 54.0 Å². The largest absolute Gasteiger partial charge is 0.488 e. The maximum absolute atomic E-state index is 14.6. The zero-order chi connectivity index (χ0) is 22.6. The smallest absolute Gasteiger partial charge is 0.197 e. The number of hydrogen-bond acceptors (Lipinski definition) is 7. The third-order valence-electron chi connectivity index (χ3n) is 6.07. The Morgan fingerprint density at radius 3 is 2.24 bits per heavy atom. The van der Waals surface area contributed by atoms with E-state index in [4.69, 9.17) is 9.47 Å². The van der Waals surface area contributed by atoms with Crippen LogP contribution in [0.4, 0.5) is 8.78 Å². The number of nitrogens with zero attached hydrogens (tertiary/aromatic N) is 5. The van der Waals surface area contributed by atoms with Gasteiger partial charge in [0, 0.05) is 44.4 Å². The molecule has 3 aromatic rings. The first kappa shape index (κ1) is 21.8. The second-order valence-corrected chi connectivity index (χ2v) is 8.33. The number of rotatable bonds is 8. The summed E-state index contributed by atoms with van der Waals surface area (Å²) >= 11 is 0. The Morgan fingerprint density at radius 2 is 1.55 bits per heavy atom. The van der Waals surface area contributed by atoms with Crippen molar-refractivity contribution < 1.29 is 18.3 Å². The van der Waals surface area contributed by atoms with Gasteiger partial charge in [-0.2, -0.15) is 0 Å². The highest BCUT2D eigenvalue weighted by Gasteiger charge is 2.41. The average Bonchev–Trinajstić information content (AvgIpc) is 3.65. The molecule has 1 saturated heterocycles. The molecule has 172 valence electrons. The predicted molar refractivity (Wildman–Crippen MR) is 117 cm³/mol. The second kappa shape index (κ2) is 9.84. The van der Waals surface area contributed by atoms with E-state index < -0.39 is 11.6 Å². The standard InChI is InChI=1S/C24H25F2N5O2/c25-20-11-16(12-21(26)22(20)33-8-2-5-31-6-9-32-10-7-31)18-13-19(18)17-14-29-24(30-15-17)23-27-3-1-4-28-23/h1,3-4,11-12,14-15,18-19H,2,5-10,13H2. The highest BCUT2D eigenvalue weighted by atomic mass is 19.1. The lowest BCUT2D eigenvalue weighted by atomic mass is 10.1. The fourth-order valence-electron chi connectivity index (χ4n) is 4.21. The molecule has 0 spiro atoms. The summed E-state index contributed by atoms with van der Waals surface area (Å²) in [5, 5.41) is 0. The summed E-state index contributed by atoms with van der Waals surface area (Å²) in [6.07, 6.45) is 8.25. The van der Waals surface area contributed by atoms with Crippen LogP contribution >= 0.6 is 0 Å². The quantitative estimate of drug-likeness (QED) is 0.483. The van der Waals surface area contributed by atoms with E-state index in [0.717, 1.165) is 44.8 Å². The second-order valence-electron chi connectivity index (χ2n) is 8.33. The van der Waals surface area contributed by atoms with Gasteiger partial charge in [-0.3, -0.25) is 4.90 Å². The highest BCUT2D eigenvalue weighted by molar-refractivity contribution is 5.43. The van der Waals surface area contributed by atoms with Crippen LogP contribution in [0, 0.1) is 11.6 Å². The van der Waals surface area contributed by atoms with Crippen molar-refractivity contribution in [2.45, 2.75) is 24.7 Å². The summed E-state index contributed by atoms with van der Waals surface area (Å²) < 4.78 is 40.0. The Kier molecular flexibility index (Phi) is 6.50. The minimum atomic E-state index is -0.658. The molecule has 2 unspecified atom stereocenters. The van der Waals surface area contributed by atoms with E-state index in [1.54, 1.807) is 30.9 Å². The first-order valence-corrected chi connectivity index (χ1v) is 11.2. The summed E-state index contributed by atoms with van der Waals surface area (Å²) in [6.45, 7) is 4.32. The number of morpholine rings is 1. The van der Waals surface area contributed by atoms with Gasteiger partial charge in [-0.1, -0.05) is 0 Å². The molecule has 9 heteroatoms. The van der Waals surface area contributed by atoms with E-state index in [2.05, 4.69) is 24.8 Å². The van der Waals surface area contributed by atoms with Crippen molar-refractivity contribution in [3.05, 3.63) is 65.7 Å². The van der Waals surface area contributed by atoms with Crippen molar-refractivity contribution >= 4 is 0 Å². The molecule has 2 atom stereocenters. The van der Waals surface area contributed by atoms with Crippen LogP contribution < -0.4 is 4.74 Å². The fraction of sp³-hybridized carbons (Fsp3) is 0.417. The Hall–Kier alpha value is -3.04. The van der Waals surface area contributed by atoms with Crippen molar-refractivity contribution in [3.63, 3.8) is 0 Å². The maximum Gasteiger partial charge on any atom is 0.197 e. The Labute approximate surface area is 190 Å². The molecule has 1 aliphatic heterocycles. The molecule has 0 amide bonds. The topological polar surface area (TPSA) is 73.3 Å². The number of halogens is 2. The van der Waals surface area contributed by atoms with Crippen LogP contribution in [-0.2, 0) is 4.74 Å². The normalized spacial score (nSPS) is 20.5. The van der Waals surface area contributed by atoms with Crippen molar-refractivity contribution in [3.8, 4) is 17.4 Å². The van der Waals surface area contributed by atoms with Crippen molar-refractivity contribution in [2.75, 3.05) is 39.5 Å². The molecule has 3 heterocycles. The van der Waals surface area contributed by atoms with Gasteiger partial charge in [0.2, 0.25) is 0 Å². The molecule has 2 fully saturated rings. The van der Waals surface area contributed by atoms with Crippen LogP contribution in [0.1, 0.15) is 35.8 Å². The van der Waals surface area contributed by atoms with E-state index in [1.165, 1.54) is 12.1 Å². The molecule has 1 aliphatic carbocycles. The van der Waals surface area contributed by atoms with Crippen LogP contribution in [0.5, 0.6) is 5.75 Å². The molecule has 0 radical (unpaired) electrons. The van der Waals surface area contributed by atoms with E-state index in [9.17, 15) is 8.78 Å². The monoisotopic (exact) mass is 453 g/mol. The van der Waals surface area contributed by atoms with Gasteiger partial charge in [-0.25, -0.2) is 28.7 Å². The Balaban J connectivity index is 1.17. The van der Waals surface area contributed by atoms with Crippen LogP contribution in [-0.4, -0.2) is 64.3 Å². The zero-order valence-electron chi connectivity index (χ0n) is 18.2. The van der Waals surface area contributed by atoms with Crippen molar-refractivity contribution in [2.24, 2.45) is 0 Å². The van der Waals surface area contributed by atoms with Gasteiger partial charge < -0.3 is 9.47 Å². The van der Waals surface area contributed by atoms with Crippen molar-refractivity contribution in [1.82, 2.24) is 24.8 Å². The molecule has 1 aromatic carbocycles. The summed E-state index contributed by atoms with van der Waals surface area (Å²) in [5.41, 5.74) is 1.56. The van der Waals surface area contributed by atoms with E-state index in [-0.39, 0.29) is 24.2 Å². The van der Waals surface area contributed by atoms with Gasteiger partial charge in [0.1, 0.15) is 0 Å². The van der Waals surface area contributed by atoms with Crippen LogP contribution in [0.3, 0.4) is 0 Å². The Bertz CT molecular complexity index is 1050. The molecule has 1 saturated carbocycles. The fourth-order valence-corrected chi connectivity index (χ4v) is 4.21. The molecule has 0 N–H and O–H groups in total. The van der Waals surface area contributed by atoms with E-state index in [1.807, 2.05) is 0 Å². The average molecular weight is 453 g/mol. The maximum atomic E-state index is 14.6. The van der Waals surface area contributed by atoms with Crippen LogP contribution in [0.25, 0.3) is 11.6 Å². The summed E-state index contributed by atoms with van der Waals surface area (Å²) in [6, 6.07) is 4.50. The first-order valence-electron chi connectivity index (χ1n) is 11.2. The SMILES string of the molecule is Fc1cc(C2CC2c2cnc(-c3ncccn3)nc2)cc(F)c1OCCCN1CCOCC1. The number of ether oxygens (including phenoxy) is 2. The molecule has 33 heavy (non-hydrogen) atoms. The lowest BCUT2D eigenvalue weighted by molar-refractivity contribution is 0.0356. The van der Waals surface area contributed by atoms with Gasteiger partial charge in [-0.15, -0.1) is 0 Å². The van der Waals surface area contributed by atoms with Gasteiger partial charge >= 0.3 is 0 Å². The molecule has 7 nitrogen and oxygen atoms in total. The van der Waals surface area contributed by atoms with Gasteiger partial charge in [0.25, 0.3) is 0 Å². The third kappa shape index (κ3) is 5.15. The third-order valence-corrected chi connectivity index (χ3v) is 6.07. The molecular formula is C24H25F2N5O2. The summed E-state index contributed by atoms with van der Waals surface area (Å²) in [7, 11) is 0. The van der Waals surface area contributed by atoms with Crippen molar-refractivity contribution in [1.29, 1.82) is 0 Å². The lowest BCUT2D eigenvalue weighted by Gasteiger charge is -2.26. The molecule has 2 aromatic heterocycles. The lowest BCUT2D eigenvalue weighted by Crippen LogP contribution is -2.37. The van der Waals surface area contributed by atoms with Crippen LogP contribution in [0.15, 0.2) is 43.0 Å². The molecule has 0 bridgehead atoms. The number of aromatic nitrogens is 4. The van der Waals surface area contributed by atoms with E-state index in [0.29, 0.717) is 23.6 Å². The first-order chi connectivity index (χ1) is 16.2. The van der Waals surface area contributed by atoms with Gasteiger partial charge in [0.05, 0.1) is 19.8 Å². The Morgan fingerprint density at radius 1 is 0.909 bits per heavy atom. The predicted octanol–water partition coefficient (Wildman–Crippen LogP) is 3.58. The summed E-state index contributed by atoms with van der Waals surface area (Å²) in [5.74, 6) is -0.537.